The van der Waals surface area contributed by atoms with Crippen molar-refractivity contribution in [2.75, 3.05) is 6.61 Å². The number of carbonyl (C=O) groups excluding carboxylic acids is 2. The van der Waals surface area contributed by atoms with Gasteiger partial charge >= 0.3 is 12.1 Å². The average molecular weight is 362 g/mol. The first-order valence-electron chi connectivity index (χ1n) is 7.96. The lowest BCUT2D eigenvalue weighted by Crippen LogP contribution is -2.43. The summed E-state index contributed by atoms with van der Waals surface area (Å²) in [6, 6.07) is 15.5. The maximum atomic E-state index is 12.1. The van der Waals surface area contributed by atoms with E-state index < -0.39 is 18.1 Å². The molecule has 2 aromatic rings. The van der Waals surface area contributed by atoms with Gasteiger partial charge in [0, 0.05) is 11.4 Å². The lowest BCUT2D eigenvalue weighted by atomic mass is 10.1. The van der Waals surface area contributed by atoms with Crippen LogP contribution in [0.5, 0.6) is 0 Å². The fraction of sp³-hybridized carbons (Fsp3) is 0.263. The number of halogens is 1. The quantitative estimate of drug-likeness (QED) is 0.763. The van der Waals surface area contributed by atoms with E-state index >= 15 is 0 Å². The van der Waals surface area contributed by atoms with Crippen molar-refractivity contribution in [2.45, 2.75) is 26.0 Å². The number of ether oxygens (including phenoxy) is 2. The van der Waals surface area contributed by atoms with Crippen LogP contribution < -0.4 is 5.32 Å². The van der Waals surface area contributed by atoms with Crippen LogP contribution in [0.2, 0.25) is 5.02 Å². The number of rotatable bonds is 7. The molecule has 1 atom stereocenters. The molecule has 0 saturated carbocycles. The second kappa shape index (κ2) is 9.69. The topological polar surface area (TPSA) is 64.6 Å². The zero-order chi connectivity index (χ0) is 18.1. The van der Waals surface area contributed by atoms with Crippen LogP contribution in [-0.2, 0) is 27.3 Å². The zero-order valence-electron chi connectivity index (χ0n) is 13.9. The number of amides is 1. The van der Waals surface area contributed by atoms with Crippen molar-refractivity contribution >= 4 is 23.7 Å². The largest absolute Gasteiger partial charge is 0.464 e. The third kappa shape index (κ3) is 6.47. The minimum Gasteiger partial charge on any atom is -0.464 e. The molecular weight excluding hydrogens is 342 g/mol. The van der Waals surface area contributed by atoms with Crippen LogP contribution in [0.25, 0.3) is 0 Å². The van der Waals surface area contributed by atoms with Crippen LogP contribution >= 0.6 is 11.6 Å². The first-order chi connectivity index (χ1) is 12.1. The Morgan fingerprint density at radius 3 is 2.32 bits per heavy atom. The minimum atomic E-state index is -0.829. The Bertz CT molecular complexity index is 688. The molecule has 6 heteroatoms. The molecule has 0 aliphatic heterocycles. The van der Waals surface area contributed by atoms with Crippen molar-refractivity contribution in [1.82, 2.24) is 5.32 Å². The van der Waals surface area contributed by atoms with Crippen LogP contribution in [0.4, 0.5) is 4.79 Å². The molecule has 0 heterocycles. The number of hydrogen-bond donors (Lipinski definition) is 1. The SMILES string of the molecule is CCOC(=O)[C@H](Cc1ccc(Cl)cc1)NC(=O)OCc1ccccc1. The smallest absolute Gasteiger partial charge is 0.408 e. The normalized spacial score (nSPS) is 11.4. The van der Waals surface area contributed by atoms with E-state index in [4.69, 9.17) is 21.1 Å². The Hall–Kier alpha value is -2.53. The molecule has 1 N–H and O–H groups in total. The van der Waals surface area contributed by atoms with Crippen LogP contribution in [-0.4, -0.2) is 24.7 Å². The highest BCUT2D eigenvalue weighted by atomic mass is 35.5. The molecule has 2 rings (SSSR count). The summed E-state index contributed by atoms with van der Waals surface area (Å²) in [6.45, 7) is 2.07. The van der Waals surface area contributed by atoms with E-state index in [9.17, 15) is 9.59 Å². The second-order valence-electron chi connectivity index (χ2n) is 5.34. The maximum absolute atomic E-state index is 12.1. The number of benzene rings is 2. The van der Waals surface area contributed by atoms with Crippen molar-refractivity contribution in [3.05, 3.63) is 70.7 Å². The maximum Gasteiger partial charge on any atom is 0.408 e. The van der Waals surface area contributed by atoms with E-state index in [1.54, 1.807) is 31.2 Å². The van der Waals surface area contributed by atoms with Crippen molar-refractivity contribution in [1.29, 1.82) is 0 Å². The highest BCUT2D eigenvalue weighted by Gasteiger charge is 2.23. The first-order valence-corrected chi connectivity index (χ1v) is 8.34. The number of carbonyl (C=O) groups is 2. The monoisotopic (exact) mass is 361 g/mol. The number of esters is 1. The van der Waals surface area contributed by atoms with Crippen molar-refractivity contribution < 1.29 is 19.1 Å². The van der Waals surface area contributed by atoms with Gasteiger partial charge in [-0.05, 0) is 30.2 Å². The molecule has 0 bridgehead atoms. The molecule has 0 aliphatic rings. The van der Waals surface area contributed by atoms with E-state index in [2.05, 4.69) is 5.32 Å². The van der Waals surface area contributed by atoms with Crippen molar-refractivity contribution in [2.24, 2.45) is 0 Å². The molecule has 0 unspecified atom stereocenters. The van der Waals surface area contributed by atoms with Crippen LogP contribution in [0.1, 0.15) is 18.1 Å². The fourth-order valence-corrected chi connectivity index (χ4v) is 2.33. The lowest BCUT2D eigenvalue weighted by Gasteiger charge is -2.17. The van der Waals surface area contributed by atoms with Gasteiger partial charge in [-0.3, -0.25) is 0 Å². The molecule has 25 heavy (non-hydrogen) atoms. The van der Waals surface area contributed by atoms with E-state index in [0.29, 0.717) is 5.02 Å². The van der Waals surface area contributed by atoms with Crippen molar-refractivity contribution in [3.63, 3.8) is 0 Å². The summed E-state index contributed by atoms with van der Waals surface area (Å²) in [4.78, 5) is 24.1. The molecule has 2 aromatic carbocycles. The zero-order valence-corrected chi connectivity index (χ0v) is 14.7. The average Bonchev–Trinajstić information content (AvgIpc) is 2.62. The molecule has 0 aromatic heterocycles. The Labute approximate surface area is 151 Å². The van der Waals surface area contributed by atoms with Gasteiger partial charge in [0.1, 0.15) is 12.6 Å². The van der Waals surface area contributed by atoms with E-state index in [1.165, 1.54) is 0 Å². The van der Waals surface area contributed by atoms with Gasteiger partial charge < -0.3 is 14.8 Å². The molecule has 0 spiro atoms. The van der Waals surface area contributed by atoms with Gasteiger partial charge in [-0.1, -0.05) is 54.1 Å². The molecule has 0 fully saturated rings. The number of nitrogens with one attached hydrogen (secondary N) is 1. The molecule has 0 radical (unpaired) electrons. The molecule has 0 aliphatic carbocycles. The molecular formula is C19H20ClNO4. The number of alkyl carbamates (subject to hydrolysis) is 1. The minimum absolute atomic E-state index is 0.128. The van der Waals surface area contributed by atoms with Crippen LogP contribution in [0, 0.1) is 0 Å². The van der Waals surface area contributed by atoms with Gasteiger partial charge in [-0.2, -0.15) is 0 Å². The third-order valence-corrected chi connectivity index (χ3v) is 3.68. The first kappa shape index (κ1) is 18.8. The molecule has 0 saturated heterocycles. The molecule has 132 valence electrons. The van der Waals surface area contributed by atoms with Gasteiger partial charge in [0.25, 0.3) is 0 Å². The Morgan fingerprint density at radius 1 is 1.00 bits per heavy atom. The summed E-state index contributed by atoms with van der Waals surface area (Å²) in [7, 11) is 0. The summed E-state index contributed by atoms with van der Waals surface area (Å²) in [5.41, 5.74) is 1.72. The highest BCUT2D eigenvalue weighted by Crippen LogP contribution is 2.12. The Balaban J connectivity index is 1.96. The summed E-state index contributed by atoms with van der Waals surface area (Å²) in [6.07, 6.45) is -0.382. The van der Waals surface area contributed by atoms with E-state index in [-0.39, 0.29) is 19.6 Å². The fourth-order valence-electron chi connectivity index (χ4n) is 2.20. The Morgan fingerprint density at radius 2 is 1.68 bits per heavy atom. The lowest BCUT2D eigenvalue weighted by molar-refractivity contribution is -0.145. The van der Waals surface area contributed by atoms with Crippen LogP contribution in [0.3, 0.4) is 0 Å². The Kier molecular flexibility index (Phi) is 7.29. The van der Waals surface area contributed by atoms with Crippen LogP contribution in [0.15, 0.2) is 54.6 Å². The predicted molar refractivity (Wildman–Crippen MR) is 95.3 cm³/mol. The summed E-state index contributed by atoms with van der Waals surface area (Å²) in [5, 5.41) is 3.17. The van der Waals surface area contributed by atoms with Gasteiger partial charge in [-0.15, -0.1) is 0 Å². The van der Waals surface area contributed by atoms with Gasteiger partial charge in [0.05, 0.1) is 6.61 Å². The second-order valence-corrected chi connectivity index (χ2v) is 5.78. The molecule has 1 amide bonds. The van der Waals surface area contributed by atoms with Crippen molar-refractivity contribution in [3.8, 4) is 0 Å². The van der Waals surface area contributed by atoms with Gasteiger partial charge in [0.15, 0.2) is 0 Å². The van der Waals surface area contributed by atoms with E-state index in [0.717, 1.165) is 11.1 Å². The predicted octanol–water partition coefficient (Wildman–Crippen LogP) is 3.74. The highest BCUT2D eigenvalue weighted by molar-refractivity contribution is 6.30. The standard InChI is InChI=1S/C19H20ClNO4/c1-2-24-18(22)17(12-14-8-10-16(20)11-9-14)21-19(23)25-13-15-6-4-3-5-7-15/h3-11,17H,2,12-13H2,1H3,(H,21,23)/t17-/m0/s1. The van der Waals surface area contributed by atoms with Gasteiger partial charge in [-0.25, -0.2) is 9.59 Å². The summed E-state index contributed by atoms with van der Waals surface area (Å²) in [5.74, 6) is -0.505. The van der Waals surface area contributed by atoms with E-state index in [1.807, 2.05) is 30.3 Å². The third-order valence-electron chi connectivity index (χ3n) is 3.43. The molecule has 5 nitrogen and oxygen atoms in total. The summed E-state index contributed by atoms with van der Waals surface area (Å²) < 4.78 is 10.2. The number of hydrogen-bond acceptors (Lipinski definition) is 4. The van der Waals surface area contributed by atoms with Gasteiger partial charge in [0.2, 0.25) is 0 Å². The summed E-state index contributed by atoms with van der Waals surface area (Å²) >= 11 is 5.86.